The Morgan fingerprint density at radius 1 is 1.05 bits per heavy atom. The van der Waals surface area contributed by atoms with Crippen LogP contribution < -0.4 is 5.32 Å². The molecule has 0 atom stereocenters. The lowest BCUT2D eigenvalue weighted by Crippen LogP contribution is -2.17. The maximum Gasteiger partial charge on any atom is 0.122 e. The monoisotopic (exact) mass is 281 g/mol. The topological polar surface area (TPSA) is 47.7 Å². The molecule has 0 aliphatic heterocycles. The molecule has 1 N–H and O–H groups in total. The summed E-state index contributed by atoms with van der Waals surface area (Å²) in [6, 6.07) is 10.2. The van der Waals surface area contributed by atoms with Gasteiger partial charge >= 0.3 is 0 Å². The molecule has 1 aromatic carbocycles. The minimum absolute atomic E-state index is 0.758. The normalized spacial score (nSPS) is 10.9. The van der Waals surface area contributed by atoms with Crippen LogP contribution in [0.25, 0.3) is 5.69 Å². The maximum absolute atomic E-state index is 4.37. The first-order valence-corrected chi connectivity index (χ1v) is 7.17. The summed E-state index contributed by atoms with van der Waals surface area (Å²) >= 11 is 0. The van der Waals surface area contributed by atoms with Crippen LogP contribution in [0.2, 0.25) is 0 Å². The number of benzene rings is 1. The molecule has 0 radical (unpaired) electrons. The minimum atomic E-state index is 0.758. The Hall–Kier alpha value is -2.40. The molecular formula is C16H19N5. The van der Waals surface area contributed by atoms with Crippen molar-refractivity contribution in [1.29, 1.82) is 0 Å². The summed E-state index contributed by atoms with van der Waals surface area (Å²) in [5, 5.41) is 7.76. The van der Waals surface area contributed by atoms with Crippen molar-refractivity contribution in [2.45, 2.75) is 26.6 Å². The van der Waals surface area contributed by atoms with Crippen molar-refractivity contribution in [3.8, 4) is 5.69 Å². The van der Waals surface area contributed by atoms with Crippen molar-refractivity contribution in [1.82, 2.24) is 24.6 Å². The summed E-state index contributed by atoms with van der Waals surface area (Å²) in [5.41, 5.74) is 2.32. The van der Waals surface area contributed by atoms with E-state index in [0.29, 0.717) is 0 Å². The zero-order chi connectivity index (χ0) is 14.5. The van der Waals surface area contributed by atoms with E-state index in [9.17, 15) is 0 Å². The molecule has 0 spiro atoms. The zero-order valence-electron chi connectivity index (χ0n) is 12.1. The fourth-order valence-electron chi connectivity index (χ4n) is 2.40. The van der Waals surface area contributed by atoms with Crippen molar-refractivity contribution in [3.05, 3.63) is 66.5 Å². The van der Waals surface area contributed by atoms with Crippen LogP contribution in [-0.4, -0.2) is 19.3 Å². The summed E-state index contributed by atoms with van der Waals surface area (Å²) < 4.78 is 4.04. The second-order valence-corrected chi connectivity index (χ2v) is 4.81. The molecule has 21 heavy (non-hydrogen) atoms. The van der Waals surface area contributed by atoms with Crippen LogP contribution in [0, 0.1) is 0 Å². The van der Waals surface area contributed by atoms with Gasteiger partial charge in [0.15, 0.2) is 0 Å². The molecule has 0 fully saturated rings. The smallest absolute Gasteiger partial charge is 0.122 e. The summed E-state index contributed by atoms with van der Waals surface area (Å²) in [5.74, 6) is 1.06. The Morgan fingerprint density at radius 3 is 2.76 bits per heavy atom. The SMILES string of the molecule is CCn1ccnc1CNCc1ccccc1-n1cccn1. The van der Waals surface area contributed by atoms with Gasteiger partial charge in [0.1, 0.15) is 5.82 Å². The van der Waals surface area contributed by atoms with Crippen molar-refractivity contribution in [2.24, 2.45) is 0 Å². The Morgan fingerprint density at radius 2 is 1.95 bits per heavy atom. The highest BCUT2D eigenvalue weighted by Gasteiger charge is 2.05. The van der Waals surface area contributed by atoms with Gasteiger partial charge in [-0.2, -0.15) is 5.10 Å². The summed E-state index contributed by atoms with van der Waals surface area (Å²) in [7, 11) is 0. The maximum atomic E-state index is 4.37. The van der Waals surface area contributed by atoms with Crippen molar-refractivity contribution >= 4 is 0 Å². The number of nitrogens with zero attached hydrogens (tertiary/aromatic N) is 4. The number of aryl methyl sites for hydroxylation is 1. The summed E-state index contributed by atoms with van der Waals surface area (Å²) in [6.07, 6.45) is 7.61. The highest BCUT2D eigenvalue weighted by atomic mass is 15.3. The lowest BCUT2D eigenvalue weighted by molar-refractivity contribution is 0.611. The minimum Gasteiger partial charge on any atom is -0.334 e. The predicted molar refractivity (Wildman–Crippen MR) is 82.0 cm³/mol. The first kappa shape index (κ1) is 13.6. The molecule has 2 heterocycles. The van der Waals surface area contributed by atoms with Crippen LogP contribution >= 0.6 is 0 Å². The quantitative estimate of drug-likeness (QED) is 0.754. The van der Waals surface area contributed by atoms with Gasteiger partial charge in [0.2, 0.25) is 0 Å². The van der Waals surface area contributed by atoms with E-state index in [1.54, 1.807) is 6.20 Å². The number of para-hydroxylation sites is 1. The molecule has 0 amide bonds. The summed E-state index contributed by atoms with van der Waals surface area (Å²) in [6.45, 7) is 4.61. The second kappa shape index (κ2) is 6.37. The molecular weight excluding hydrogens is 262 g/mol. The van der Waals surface area contributed by atoms with E-state index in [2.05, 4.69) is 45.1 Å². The number of rotatable bonds is 6. The van der Waals surface area contributed by atoms with Crippen LogP contribution in [0.15, 0.2) is 55.1 Å². The molecule has 5 nitrogen and oxygen atoms in total. The van der Waals surface area contributed by atoms with E-state index in [0.717, 1.165) is 31.1 Å². The van der Waals surface area contributed by atoms with Gasteiger partial charge in [0, 0.05) is 37.9 Å². The predicted octanol–water partition coefficient (Wildman–Crippen LogP) is 2.38. The number of hydrogen-bond donors (Lipinski definition) is 1. The molecule has 0 aliphatic rings. The van der Waals surface area contributed by atoms with Crippen LogP contribution in [0.5, 0.6) is 0 Å². The summed E-state index contributed by atoms with van der Waals surface area (Å²) in [4.78, 5) is 4.37. The van der Waals surface area contributed by atoms with Gasteiger partial charge in [0.25, 0.3) is 0 Å². The molecule has 0 bridgehead atoms. The molecule has 0 saturated carbocycles. The lowest BCUT2D eigenvalue weighted by Gasteiger charge is -2.11. The van der Waals surface area contributed by atoms with E-state index in [1.165, 1.54) is 5.56 Å². The van der Waals surface area contributed by atoms with Crippen LogP contribution in [0.4, 0.5) is 0 Å². The van der Waals surface area contributed by atoms with E-state index in [4.69, 9.17) is 0 Å². The van der Waals surface area contributed by atoms with Crippen molar-refractivity contribution < 1.29 is 0 Å². The molecule has 108 valence electrons. The third kappa shape index (κ3) is 3.03. The van der Waals surface area contributed by atoms with E-state index >= 15 is 0 Å². The first-order valence-electron chi connectivity index (χ1n) is 7.17. The largest absolute Gasteiger partial charge is 0.334 e. The average molecular weight is 281 g/mol. The lowest BCUT2D eigenvalue weighted by atomic mass is 10.2. The Kier molecular flexibility index (Phi) is 4.12. The number of nitrogens with one attached hydrogen (secondary N) is 1. The average Bonchev–Trinajstić information content (AvgIpc) is 3.19. The third-order valence-corrected chi connectivity index (χ3v) is 3.48. The molecule has 0 unspecified atom stereocenters. The van der Waals surface area contributed by atoms with Gasteiger partial charge in [-0.05, 0) is 24.6 Å². The van der Waals surface area contributed by atoms with Crippen molar-refractivity contribution in [3.63, 3.8) is 0 Å². The van der Waals surface area contributed by atoms with Gasteiger partial charge in [0.05, 0.1) is 12.2 Å². The standard InChI is InChI=1S/C16H19N5/c1-2-20-11-9-18-16(20)13-17-12-14-6-3-4-7-15(14)21-10-5-8-19-21/h3-11,17H,2,12-13H2,1H3. The Balaban J connectivity index is 1.69. The van der Waals surface area contributed by atoms with Gasteiger partial charge < -0.3 is 9.88 Å². The molecule has 3 aromatic rings. The number of hydrogen-bond acceptors (Lipinski definition) is 3. The molecule has 0 aliphatic carbocycles. The molecule has 3 rings (SSSR count). The first-order chi connectivity index (χ1) is 10.4. The van der Waals surface area contributed by atoms with Crippen LogP contribution in [0.3, 0.4) is 0 Å². The Bertz CT molecular complexity index is 684. The molecule has 0 saturated heterocycles. The van der Waals surface area contributed by atoms with Gasteiger partial charge in [-0.15, -0.1) is 0 Å². The fourth-order valence-corrected chi connectivity index (χ4v) is 2.40. The van der Waals surface area contributed by atoms with Gasteiger partial charge in [-0.1, -0.05) is 18.2 Å². The Labute approximate surface area is 124 Å². The number of aromatic nitrogens is 4. The third-order valence-electron chi connectivity index (χ3n) is 3.48. The zero-order valence-corrected chi connectivity index (χ0v) is 12.1. The van der Waals surface area contributed by atoms with Crippen LogP contribution in [-0.2, 0) is 19.6 Å². The van der Waals surface area contributed by atoms with E-state index in [1.807, 2.05) is 35.4 Å². The highest BCUT2D eigenvalue weighted by molar-refractivity contribution is 5.40. The van der Waals surface area contributed by atoms with E-state index < -0.39 is 0 Å². The number of imidazole rings is 1. The molecule has 2 aromatic heterocycles. The van der Waals surface area contributed by atoms with Gasteiger partial charge in [-0.3, -0.25) is 0 Å². The van der Waals surface area contributed by atoms with Gasteiger partial charge in [-0.25, -0.2) is 9.67 Å². The fraction of sp³-hybridized carbons (Fsp3) is 0.250. The highest BCUT2D eigenvalue weighted by Crippen LogP contribution is 2.13. The van der Waals surface area contributed by atoms with Crippen LogP contribution in [0.1, 0.15) is 18.3 Å². The van der Waals surface area contributed by atoms with E-state index in [-0.39, 0.29) is 0 Å². The second-order valence-electron chi connectivity index (χ2n) is 4.81. The molecule has 5 heteroatoms. The van der Waals surface area contributed by atoms with Crippen molar-refractivity contribution in [2.75, 3.05) is 0 Å².